The highest BCUT2D eigenvalue weighted by Gasteiger charge is 2.26. The van der Waals surface area contributed by atoms with Gasteiger partial charge in [0.05, 0.1) is 6.04 Å². The van der Waals surface area contributed by atoms with Gasteiger partial charge < -0.3 is 15.5 Å². The molecule has 112 valence electrons. The van der Waals surface area contributed by atoms with E-state index in [4.69, 9.17) is 0 Å². The predicted molar refractivity (Wildman–Crippen MR) is 80.2 cm³/mol. The van der Waals surface area contributed by atoms with Gasteiger partial charge in [-0.3, -0.25) is 4.79 Å². The van der Waals surface area contributed by atoms with E-state index in [1.165, 1.54) is 0 Å². The maximum absolute atomic E-state index is 11.9. The minimum Gasteiger partial charge on any atom is -0.358 e. The molecule has 2 N–H and O–H groups in total. The fourth-order valence-corrected chi connectivity index (χ4v) is 2.76. The Morgan fingerprint density at radius 3 is 2.21 bits per heavy atom. The van der Waals surface area contributed by atoms with E-state index in [0.29, 0.717) is 18.0 Å². The van der Waals surface area contributed by atoms with E-state index in [1.807, 2.05) is 0 Å². The van der Waals surface area contributed by atoms with E-state index < -0.39 is 0 Å². The summed E-state index contributed by atoms with van der Waals surface area (Å²) in [7, 11) is 1.72. The smallest absolute Gasteiger partial charge is 0.236 e. The van der Waals surface area contributed by atoms with Gasteiger partial charge in [0.1, 0.15) is 0 Å². The molecule has 1 fully saturated rings. The number of piperidine rings is 1. The van der Waals surface area contributed by atoms with Crippen molar-refractivity contribution < 1.29 is 4.79 Å². The number of nitrogens with zero attached hydrogens (tertiary/aromatic N) is 1. The van der Waals surface area contributed by atoms with Gasteiger partial charge in [0.15, 0.2) is 0 Å². The molecule has 1 heterocycles. The van der Waals surface area contributed by atoms with Crippen molar-refractivity contribution in [3.05, 3.63) is 0 Å². The van der Waals surface area contributed by atoms with Gasteiger partial charge in [-0.15, -0.1) is 0 Å². The zero-order valence-corrected chi connectivity index (χ0v) is 13.2. The van der Waals surface area contributed by atoms with Crippen molar-refractivity contribution in [2.24, 2.45) is 5.92 Å². The average molecular weight is 269 g/mol. The van der Waals surface area contributed by atoms with Crippen LogP contribution in [0.5, 0.6) is 0 Å². The number of nitrogens with one attached hydrogen (secondary N) is 2. The molecule has 1 unspecified atom stereocenters. The number of rotatable bonds is 6. The summed E-state index contributed by atoms with van der Waals surface area (Å²) < 4.78 is 0. The van der Waals surface area contributed by atoms with E-state index >= 15 is 0 Å². The molecule has 0 bridgehead atoms. The second kappa shape index (κ2) is 7.85. The Morgan fingerprint density at radius 2 is 1.79 bits per heavy atom. The molecule has 0 aromatic carbocycles. The van der Waals surface area contributed by atoms with Gasteiger partial charge in [0.25, 0.3) is 0 Å². The van der Waals surface area contributed by atoms with Crippen LogP contribution in [0.15, 0.2) is 0 Å². The molecule has 0 spiro atoms. The molecular weight excluding hydrogens is 238 g/mol. The number of carbonyl (C=O) groups is 1. The number of carbonyl (C=O) groups excluding carboxylic acids is 1. The maximum atomic E-state index is 11.9. The van der Waals surface area contributed by atoms with Crippen molar-refractivity contribution in [2.75, 3.05) is 20.1 Å². The summed E-state index contributed by atoms with van der Waals surface area (Å²) in [5.74, 6) is 0.658. The summed E-state index contributed by atoms with van der Waals surface area (Å²) in [4.78, 5) is 14.4. The predicted octanol–water partition coefficient (Wildman–Crippen LogP) is 1.61. The summed E-state index contributed by atoms with van der Waals surface area (Å²) >= 11 is 0. The molecule has 0 saturated carbocycles. The van der Waals surface area contributed by atoms with E-state index in [-0.39, 0.29) is 11.9 Å². The molecule has 4 heteroatoms. The lowest BCUT2D eigenvalue weighted by molar-refractivity contribution is -0.123. The highest BCUT2D eigenvalue weighted by molar-refractivity contribution is 5.81. The third kappa shape index (κ3) is 5.49. The molecule has 4 nitrogen and oxygen atoms in total. The normalized spacial score (nSPS) is 19.9. The summed E-state index contributed by atoms with van der Waals surface area (Å²) in [6, 6.07) is 1.07. The fraction of sp³-hybridized carbons (Fsp3) is 0.933. The number of hydrogen-bond acceptors (Lipinski definition) is 3. The first-order valence-electron chi connectivity index (χ1n) is 7.65. The largest absolute Gasteiger partial charge is 0.358 e. The van der Waals surface area contributed by atoms with E-state index in [1.54, 1.807) is 7.05 Å². The van der Waals surface area contributed by atoms with Crippen LogP contribution in [0.4, 0.5) is 0 Å². The van der Waals surface area contributed by atoms with Crippen molar-refractivity contribution in [1.29, 1.82) is 0 Å². The summed E-state index contributed by atoms with van der Waals surface area (Å²) in [5, 5.41) is 6.33. The maximum Gasteiger partial charge on any atom is 0.236 e. The van der Waals surface area contributed by atoms with Gasteiger partial charge in [0.2, 0.25) is 5.91 Å². The van der Waals surface area contributed by atoms with Crippen LogP contribution in [-0.4, -0.2) is 49.1 Å². The molecule has 0 aromatic rings. The molecule has 1 atom stereocenters. The Morgan fingerprint density at radius 1 is 1.21 bits per heavy atom. The SMILES string of the molecule is CNC(=O)C(CC(C)C)NC1CCN(C(C)C)CC1. The zero-order valence-electron chi connectivity index (χ0n) is 13.2. The molecule has 0 aliphatic carbocycles. The zero-order chi connectivity index (χ0) is 14.4. The van der Waals surface area contributed by atoms with Crippen LogP contribution in [0, 0.1) is 5.92 Å². The third-order valence-electron chi connectivity index (χ3n) is 3.97. The first kappa shape index (κ1) is 16.4. The monoisotopic (exact) mass is 269 g/mol. The molecule has 1 aliphatic rings. The first-order chi connectivity index (χ1) is 8.93. The molecule has 1 rings (SSSR count). The quantitative estimate of drug-likeness (QED) is 0.770. The molecule has 1 aliphatic heterocycles. The number of hydrogen-bond donors (Lipinski definition) is 2. The Hall–Kier alpha value is -0.610. The summed E-state index contributed by atoms with van der Waals surface area (Å²) in [6.45, 7) is 11.1. The van der Waals surface area contributed by atoms with Crippen molar-refractivity contribution in [2.45, 2.75) is 65.1 Å². The van der Waals surface area contributed by atoms with Crippen LogP contribution in [0.2, 0.25) is 0 Å². The van der Waals surface area contributed by atoms with Crippen LogP contribution in [0.25, 0.3) is 0 Å². The van der Waals surface area contributed by atoms with Crippen molar-refractivity contribution in [3.8, 4) is 0 Å². The van der Waals surface area contributed by atoms with Gasteiger partial charge in [-0.1, -0.05) is 13.8 Å². The van der Waals surface area contributed by atoms with Gasteiger partial charge >= 0.3 is 0 Å². The Balaban J connectivity index is 2.45. The minimum absolute atomic E-state index is 0.0411. The summed E-state index contributed by atoms with van der Waals surface area (Å²) in [5.41, 5.74) is 0. The number of amides is 1. The van der Waals surface area contributed by atoms with Gasteiger partial charge in [-0.25, -0.2) is 0 Å². The van der Waals surface area contributed by atoms with Crippen LogP contribution in [0.3, 0.4) is 0 Å². The molecule has 0 aromatic heterocycles. The minimum atomic E-state index is -0.0411. The lowest BCUT2D eigenvalue weighted by Gasteiger charge is -2.36. The second-order valence-electron chi connectivity index (χ2n) is 6.37. The van der Waals surface area contributed by atoms with Gasteiger partial charge in [-0.05, 0) is 52.1 Å². The van der Waals surface area contributed by atoms with E-state index in [9.17, 15) is 4.79 Å². The van der Waals surface area contributed by atoms with Crippen molar-refractivity contribution >= 4 is 5.91 Å². The fourth-order valence-electron chi connectivity index (χ4n) is 2.76. The molecule has 1 amide bonds. The van der Waals surface area contributed by atoms with E-state index in [2.05, 4.69) is 43.2 Å². The topological polar surface area (TPSA) is 44.4 Å². The first-order valence-corrected chi connectivity index (χ1v) is 7.65. The van der Waals surface area contributed by atoms with Crippen molar-refractivity contribution in [3.63, 3.8) is 0 Å². The van der Waals surface area contributed by atoms with Crippen LogP contribution >= 0.6 is 0 Å². The molecular formula is C15H31N3O. The lowest BCUT2D eigenvalue weighted by Crippen LogP contribution is -2.52. The Labute approximate surface area is 118 Å². The second-order valence-corrected chi connectivity index (χ2v) is 6.37. The van der Waals surface area contributed by atoms with Gasteiger partial charge in [-0.2, -0.15) is 0 Å². The third-order valence-corrected chi connectivity index (χ3v) is 3.97. The highest BCUT2D eigenvalue weighted by Crippen LogP contribution is 2.15. The van der Waals surface area contributed by atoms with Gasteiger partial charge in [0, 0.05) is 19.1 Å². The average Bonchev–Trinajstić information content (AvgIpc) is 2.37. The van der Waals surface area contributed by atoms with Crippen LogP contribution in [0.1, 0.15) is 47.0 Å². The van der Waals surface area contributed by atoms with Crippen molar-refractivity contribution in [1.82, 2.24) is 15.5 Å². The van der Waals surface area contributed by atoms with Crippen LogP contribution < -0.4 is 10.6 Å². The lowest BCUT2D eigenvalue weighted by atomic mass is 9.98. The standard InChI is InChI=1S/C15H31N3O/c1-11(2)10-14(15(19)16-5)17-13-6-8-18(9-7-13)12(3)4/h11-14,17H,6-10H2,1-5H3,(H,16,19). The van der Waals surface area contributed by atoms with Crippen LogP contribution in [-0.2, 0) is 4.79 Å². The summed E-state index contributed by atoms with van der Waals surface area (Å²) in [6.07, 6.45) is 3.19. The van der Waals surface area contributed by atoms with E-state index in [0.717, 1.165) is 32.4 Å². The Bertz CT molecular complexity index is 271. The molecule has 0 radical (unpaired) electrons. The molecule has 19 heavy (non-hydrogen) atoms. The Kier molecular flexibility index (Phi) is 6.80. The molecule has 1 saturated heterocycles. The number of likely N-dealkylation sites (N-methyl/N-ethyl adjacent to an activating group) is 1. The number of likely N-dealkylation sites (tertiary alicyclic amines) is 1. The highest BCUT2D eigenvalue weighted by atomic mass is 16.2.